The Hall–Kier alpha value is -2.42. The van der Waals surface area contributed by atoms with Crippen LogP contribution < -0.4 is 5.32 Å². The van der Waals surface area contributed by atoms with E-state index in [0.29, 0.717) is 30.7 Å². The summed E-state index contributed by atoms with van der Waals surface area (Å²) >= 11 is 0. The van der Waals surface area contributed by atoms with Crippen LogP contribution in [-0.4, -0.2) is 61.4 Å². The highest BCUT2D eigenvalue weighted by Crippen LogP contribution is 2.30. The molecule has 2 heterocycles. The monoisotopic (exact) mass is 432 g/mol. The number of amides is 2. The zero-order chi connectivity index (χ0) is 21.3. The summed E-state index contributed by atoms with van der Waals surface area (Å²) < 4.78 is 25.6. The van der Waals surface area contributed by atoms with Gasteiger partial charge < -0.3 is 9.80 Å². The number of nitrogens with zero attached hydrogens (tertiary/aromatic N) is 3. The summed E-state index contributed by atoms with van der Waals surface area (Å²) in [5, 5.41) is 2.70. The van der Waals surface area contributed by atoms with Crippen LogP contribution in [0.4, 0.5) is 5.69 Å². The largest absolute Gasteiger partial charge is 0.343 e. The molecule has 30 heavy (non-hydrogen) atoms. The third kappa shape index (κ3) is 4.35. The molecule has 0 unspecified atom stereocenters. The van der Waals surface area contributed by atoms with Crippen LogP contribution in [0, 0.1) is 0 Å². The van der Waals surface area contributed by atoms with Gasteiger partial charge in [-0.25, -0.2) is 13.4 Å². The van der Waals surface area contributed by atoms with Gasteiger partial charge in [0, 0.05) is 26.1 Å². The molecule has 2 aliphatic heterocycles. The number of carbonyl (C=O) groups is 2. The van der Waals surface area contributed by atoms with Gasteiger partial charge in [0.2, 0.25) is 17.8 Å². The summed E-state index contributed by atoms with van der Waals surface area (Å²) in [6.45, 7) is 0.673. The van der Waals surface area contributed by atoms with Gasteiger partial charge in [-0.15, -0.1) is 0 Å². The molecule has 0 spiro atoms. The zero-order valence-corrected chi connectivity index (χ0v) is 18.1. The normalized spacial score (nSPS) is 19.0. The van der Waals surface area contributed by atoms with Gasteiger partial charge in [-0.3, -0.25) is 14.9 Å². The molecule has 9 heteroatoms. The summed E-state index contributed by atoms with van der Waals surface area (Å²) in [4.78, 5) is 32.3. The lowest BCUT2D eigenvalue weighted by Crippen LogP contribution is -2.38. The maximum Gasteiger partial charge on any atom is 0.246 e. The Morgan fingerprint density at radius 2 is 2.00 bits per heavy atom. The van der Waals surface area contributed by atoms with Crippen molar-refractivity contribution < 1.29 is 18.0 Å². The van der Waals surface area contributed by atoms with E-state index in [4.69, 9.17) is 0 Å². The molecule has 2 fully saturated rings. The van der Waals surface area contributed by atoms with E-state index in [1.807, 2.05) is 11.9 Å². The summed E-state index contributed by atoms with van der Waals surface area (Å²) in [5.74, 6) is 0.366. The van der Waals surface area contributed by atoms with Gasteiger partial charge >= 0.3 is 0 Å². The standard InChI is InChI=1S/C21H28N4O4S/c1-24(16-6-3-2-4-7-16)20(27)8-5-11-30(28,29)17-9-10-18-15(12-17)13-25-14-19(26)23-21(25)22-18/h9-10,12,16H,2-8,11,13-14H2,1H3,(H,22,23,26). The van der Waals surface area contributed by atoms with Crippen LogP contribution in [0.5, 0.6) is 0 Å². The lowest BCUT2D eigenvalue weighted by atomic mass is 9.94. The van der Waals surface area contributed by atoms with Crippen LogP contribution in [0.2, 0.25) is 0 Å². The van der Waals surface area contributed by atoms with E-state index < -0.39 is 9.84 Å². The Labute approximate surface area is 177 Å². The Kier molecular flexibility index (Phi) is 5.81. The van der Waals surface area contributed by atoms with Gasteiger partial charge in [0.15, 0.2) is 9.84 Å². The number of guanidine groups is 1. The molecule has 2 amide bonds. The first-order valence-electron chi connectivity index (χ1n) is 10.6. The third-order valence-electron chi connectivity index (χ3n) is 6.20. The molecule has 1 N–H and O–H groups in total. The number of sulfone groups is 1. The molecule has 8 nitrogen and oxygen atoms in total. The Bertz CT molecular complexity index is 983. The molecule has 3 aliphatic rings. The predicted molar refractivity (Wildman–Crippen MR) is 113 cm³/mol. The summed E-state index contributed by atoms with van der Waals surface area (Å²) in [6, 6.07) is 5.17. The van der Waals surface area contributed by atoms with Crippen molar-refractivity contribution in [2.24, 2.45) is 4.99 Å². The molecule has 0 aromatic heterocycles. The summed E-state index contributed by atoms with van der Waals surface area (Å²) in [5.41, 5.74) is 1.45. The minimum absolute atomic E-state index is 0.0237. The summed E-state index contributed by atoms with van der Waals surface area (Å²) in [6.07, 6.45) is 6.17. The van der Waals surface area contributed by atoms with Gasteiger partial charge in [0.25, 0.3) is 0 Å². The molecule has 0 radical (unpaired) electrons. The topological polar surface area (TPSA) is 99.2 Å². The van der Waals surface area contributed by atoms with E-state index in [1.54, 1.807) is 23.1 Å². The first-order chi connectivity index (χ1) is 14.3. The minimum Gasteiger partial charge on any atom is -0.343 e. The summed E-state index contributed by atoms with van der Waals surface area (Å²) in [7, 11) is -1.66. The third-order valence-corrected chi connectivity index (χ3v) is 8.00. The number of rotatable bonds is 6. The highest BCUT2D eigenvalue weighted by Gasteiger charge is 2.30. The second-order valence-electron chi connectivity index (χ2n) is 8.35. The molecular formula is C21H28N4O4S. The minimum atomic E-state index is -3.49. The average Bonchev–Trinajstić information content (AvgIpc) is 3.10. The fraction of sp³-hybridized carbons (Fsp3) is 0.571. The van der Waals surface area contributed by atoms with Gasteiger partial charge in [-0.1, -0.05) is 19.3 Å². The number of nitrogens with one attached hydrogen (secondary N) is 1. The van der Waals surface area contributed by atoms with E-state index in [0.717, 1.165) is 31.2 Å². The fourth-order valence-electron chi connectivity index (χ4n) is 4.41. The number of fused-ring (bicyclic) bond motifs is 2. The van der Waals surface area contributed by atoms with Crippen LogP contribution in [-0.2, 0) is 26.0 Å². The molecule has 0 atom stereocenters. The number of hydrogen-bond acceptors (Lipinski definition) is 6. The highest BCUT2D eigenvalue weighted by atomic mass is 32.2. The zero-order valence-electron chi connectivity index (χ0n) is 17.3. The van der Waals surface area contributed by atoms with Crippen molar-refractivity contribution in [3.63, 3.8) is 0 Å². The second-order valence-corrected chi connectivity index (χ2v) is 10.5. The Balaban J connectivity index is 1.36. The first kappa shape index (κ1) is 20.8. The van der Waals surface area contributed by atoms with E-state index in [-0.39, 0.29) is 35.4 Å². The molecule has 0 bridgehead atoms. The number of carbonyl (C=O) groups excluding carboxylic acids is 2. The van der Waals surface area contributed by atoms with Crippen molar-refractivity contribution in [1.82, 2.24) is 15.1 Å². The van der Waals surface area contributed by atoms with Crippen LogP contribution in [0.1, 0.15) is 50.5 Å². The van der Waals surface area contributed by atoms with E-state index in [1.165, 1.54) is 6.42 Å². The van der Waals surface area contributed by atoms with Crippen LogP contribution in [0.3, 0.4) is 0 Å². The van der Waals surface area contributed by atoms with E-state index in [2.05, 4.69) is 10.3 Å². The lowest BCUT2D eigenvalue weighted by molar-refractivity contribution is -0.132. The number of aliphatic imine (C=N–C) groups is 1. The first-order valence-corrected chi connectivity index (χ1v) is 12.2. The van der Waals surface area contributed by atoms with Gasteiger partial charge in [-0.05, 0) is 43.0 Å². The predicted octanol–water partition coefficient (Wildman–Crippen LogP) is 1.96. The Morgan fingerprint density at radius 1 is 1.23 bits per heavy atom. The Morgan fingerprint density at radius 3 is 2.77 bits per heavy atom. The van der Waals surface area contributed by atoms with Gasteiger partial charge in [0.05, 0.1) is 16.3 Å². The van der Waals surface area contributed by atoms with Crippen molar-refractivity contribution in [1.29, 1.82) is 0 Å². The van der Waals surface area contributed by atoms with Crippen LogP contribution in [0.15, 0.2) is 28.1 Å². The maximum absolute atomic E-state index is 12.8. The van der Waals surface area contributed by atoms with Gasteiger partial charge in [0.1, 0.15) is 6.54 Å². The van der Waals surface area contributed by atoms with Crippen LogP contribution in [0.25, 0.3) is 0 Å². The molecule has 4 rings (SSSR count). The quantitative estimate of drug-likeness (QED) is 0.741. The SMILES string of the molecule is CN(C(=O)CCCS(=O)(=O)c1ccc2c(c1)CN1CC(=O)NC1=N2)C1CCCCC1. The van der Waals surface area contributed by atoms with Crippen molar-refractivity contribution in [3.8, 4) is 0 Å². The lowest BCUT2D eigenvalue weighted by Gasteiger charge is -2.31. The number of hydrogen-bond donors (Lipinski definition) is 1. The van der Waals surface area contributed by atoms with E-state index in [9.17, 15) is 18.0 Å². The average molecular weight is 433 g/mol. The molecule has 1 saturated carbocycles. The van der Waals surface area contributed by atoms with Crippen molar-refractivity contribution in [3.05, 3.63) is 23.8 Å². The molecule has 1 saturated heterocycles. The molecule has 162 valence electrons. The molecule has 1 aliphatic carbocycles. The van der Waals surface area contributed by atoms with Crippen molar-refractivity contribution in [2.45, 2.75) is 62.4 Å². The highest BCUT2D eigenvalue weighted by molar-refractivity contribution is 7.91. The van der Waals surface area contributed by atoms with Crippen molar-refractivity contribution in [2.75, 3.05) is 19.3 Å². The molecular weight excluding hydrogens is 404 g/mol. The van der Waals surface area contributed by atoms with Crippen molar-refractivity contribution >= 4 is 33.3 Å². The number of benzene rings is 1. The molecule has 1 aromatic carbocycles. The van der Waals surface area contributed by atoms with Gasteiger partial charge in [-0.2, -0.15) is 0 Å². The fourth-order valence-corrected chi connectivity index (χ4v) is 5.77. The van der Waals surface area contributed by atoms with E-state index >= 15 is 0 Å². The maximum atomic E-state index is 12.8. The second kappa shape index (κ2) is 8.37. The smallest absolute Gasteiger partial charge is 0.246 e. The molecule has 1 aromatic rings. The van der Waals surface area contributed by atoms with Crippen LogP contribution >= 0.6 is 0 Å².